The Balaban J connectivity index is 1.58. The number of aromatic nitrogens is 1. The first-order valence-electron chi connectivity index (χ1n) is 10.0. The van der Waals surface area contributed by atoms with E-state index in [2.05, 4.69) is 50.2 Å². The summed E-state index contributed by atoms with van der Waals surface area (Å²) in [6.07, 6.45) is 0.473. The van der Waals surface area contributed by atoms with Gasteiger partial charge in [0.2, 0.25) is 5.91 Å². The Morgan fingerprint density at radius 3 is 2.30 bits per heavy atom. The zero-order chi connectivity index (χ0) is 20.9. The van der Waals surface area contributed by atoms with Crippen LogP contribution in [0.4, 0.5) is 5.13 Å². The summed E-state index contributed by atoms with van der Waals surface area (Å²) in [6, 6.07) is 24.6. The monoisotopic (exact) mass is 432 g/mol. The molecule has 0 bridgehead atoms. The molecule has 0 saturated carbocycles. The Hall–Kier alpha value is -2.63. The molecule has 4 rings (SSSR count). The van der Waals surface area contributed by atoms with Gasteiger partial charge < -0.3 is 0 Å². The molecule has 0 spiro atoms. The van der Waals surface area contributed by atoms with Crippen molar-refractivity contribution in [2.45, 2.75) is 31.7 Å². The number of thioether (sulfide) groups is 1. The molecule has 0 saturated heterocycles. The number of amides is 1. The van der Waals surface area contributed by atoms with Gasteiger partial charge in [-0.3, -0.25) is 9.69 Å². The van der Waals surface area contributed by atoms with Crippen LogP contribution in [-0.2, 0) is 11.3 Å². The molecular formula is C25H24N2OS2. The fourth-order valence-electron chi connectivity index (χ4n) is 3.30. The topological polar surface area (TPSA) is 33.2 Å². The van der Waals surface area contributed by atoms with Gasteiger partial charge in [0.25, 0.3) is 0 Å². The number of hydrogen-bond acceptors (Lipinski definition) is 4. The molecule has 0 aliphatic heterocycles. The minimum absolute atomic E-state index is 0.108. The van der Waals surface area contributed by atoms with Gasteiger partial charge >= 0.3 is 0 Å². The Morgan fingerprint density at radius 1 is 0.933 bits per heavy atom. The van der Waals surface area contributed by atoms with Crippen LogP contribution in [0.5, 0.6) is 0 Å². The number of nitrogens with zero attached hydrogens (tertiary/aromatic N) is 2. The highest BCUT2D eigenvalue weighted by Crippen LogP contribution is 2.34. The maximum Gasteiger partial charge on any atom is 0.229 e. The summed E-state index contributed by atoms with van der Waals surface area (Å²) in [5.41, 5.74) is 4.45. The largest absolute Gasteiger partial charge is 0.284 e. The highest BCUT2D eigenvalue weighted by molar-refractivity contribution is 7.99. The van der Waals surface area contributed by atoms with Crippen molar-refractivity contribution in [2.24, 2.45) is 0 Å². The van der Waals surface area contributed by atoms with Crippen molar-refractivity contribution in [2.75, 3.05) is 10.7 Å². The van der Waals surface area contributed by atoms with E-state index in [1.54, 1.807) is 23.1 Å². The summed E-state index contributed by atoms with van der Waals surface area (Å²) < 4.78 is 1.16. The van der Waals surface area contributed by atoms with Crippen molar-refractivity contribution < 1.29 is 4.79 Å². The van der Waals surface area contributed by atoms with E-state index in [9.17, 15) is 4.79 Å². The van der Waals surface area contributed by atoms with Crippen LogP contribution < -0.4 is 4.90 Å². The van der Waals surface area contributed by atoms with Crippen molar-refractivity contribution >= 4 is 44.4 Å². The van der Waals surface area contributed by atoms with E-state index in [0.29, 0.717) is 13.0 Å². The van der Waals surface area contributed by atoms with E-state index >= 15 is 0 Å². The number of carbonyl (C=O) groups is 1. The summed E-state index contributed by atoms with van der Waals surface area (Å²) in [7, 11) is 0. The summed E-state index contributed by atoms with van der Waals surface area (Å²) >= 11 is 3.32. The zero-order valence-corrected chi connectivity index (χ0v) is 18.8. The second-order valence-corrected chi connectivity index (χ2v) is 9.40. The van der Waals surface area contributed by atoms with Gasteiger partial charge in [-0.1, -0.05) is 72.0 Å². The molecule has 152 valence electrons. The lowest BCUT2D eigenvalue weighted by Gasteiger charge is -2.20. The van der Waals surface area contributed by atoms with E-state index in [0.717, 1.165) is 32.2 Å². The van der Waals surface area contributed by atoms with Gasteiger partial charge in [-0.15, -0.1) is 11.8 Å². The van der Waals surface area contributed by atoms with Crippen LogP contribution >= 0.6 is 23.1 Å². The van der Waals surface area contributed by atoms with E-state index in [1.807, 2.05) is 41.3 Å². The minimum atomic E-state index is 0.108. The Labute approximate surface area is 185 Å². The molecule has 0 N–H and O–H groups in total. The number of hydrogen-bond donors (Lipinski definition) is 0. The normalized spacial score (nSPS) is 11.0. The van der Waals surface area contributed by atoms with E-state index in [1.165, 1.54) is 10.5 Å². The fourth-order valence-corrected chi connectivity index (χ4v) is 5.29. The number of aryl methyl sites for hydroxylation is 2. The van der Waals surface area contributed by atoms with E-state index in [-0.39, 0.29) is 5.91 Å². The third kappa shape index (κ3) is 4.74. The van der Waals surface area contributed by atoms with Gasteiger partial charge in [0, 0.05) is 17.1 Å². The van der Waals surface area contributed by atoms with Crippen LogP contribution in [0.3, 0.4) is 0 Å². The van der Waals surface area contributed by atoms with E-state index < -0.39 is 0 Å². The molecule has 1 aromatic heterocycles. The van der Waals surface area contributed by atoms with Gasteiger partial charge in [0.05, 0.1) is 16.8 Å². The van der Waals surface area contributed by atoms with Crippen molar-refractivity contribution in [3.05, 3.63) is 89.5 Å². The van der Waals surface area contributed by atoms with Crippen LogP contribution in [0.1, 0.15) is 23.1 Å². The lowest BCUT2D eigenvalue weighted by Crippen LogP contribution is -2.30. The average Bonchev–Trinajstić information content (AvgIpc) is 3.23. The molecule has 30 heavy (non-hydrogen) atoms. The first-order chi connectivity index (χ1) is 14.6. The standard InChI is InChI=1S/C25H24N2OS2/c1-18-13-14-19(2)24-23(18)26-25(30-24)27(17-20-9-5-3-6-10-20)22(28)15-16-29-21-11-7-4-8-12-21/h3-14H,15-17H2,1-2H3. The van der Waals surface area contributed by atoms with Crippen molar-refractivity contribution in [1.82, 2.24) is 4.98 Å². The first-order valence-corrected chi connectivity index (χ1v) is 11.8. The van der Waals surface area contributed by atoms with Gasteiger partial charge in [-0.2, -0.15) is 0 Å². The van der Waals surface area contributed by atoms with Gasteiger partial charge in [-0.05, 0) is 42.7 Å². The lowest BCUT2D eigenvalue weighted by molar-refractivity contribution is -0.118. The van der Waals surface area contributed by atoms with Gasteiger partial charge in [-0.25, -0.2) is 4.98 Å². The van der Waals surface area contributed by atoms with E-state index in [4.69, 9.17) is 4.98 Å². The maximum atomic E-state index is 13.3. The average molecular weight is 433 g/mol. The summed E-state index contributed by atoms with van der Waals surface area (Å²) in [5.74, 6) is 0.855. The summed E-state index contributed by atoms with van der Waals surface area (Å²) in [6.45, 7) is 4.71. The predicted molar refractivity (Wildman–Crippen MR) is 129 cm³/mol. The van der Waals surface area contributed by atoms with Crippen LogP contribution in [0.15, 0.2) is 77.7 Å². The molecule has 0 aliphatic rings. The zero-order valence-electron chi connectivity index (χ0n) is 17.2. The number of anilines is 1. The van der Waals surface area contributed by atoms with Crippen LogP contribution in [0, 0.1) is 13.8 Å². The van der Waals surface area contributed by atoms with Crippen molar-refractivity contribution in [1.29, 1.82) is 0 Å². The van der Waals surface area contributed by atoms with Crippen LogP contribution in [0.25, 0.3) is 10.2 Å². The minimum Gasteiger partial charge on any atom is -0.284 e. The second-order valence-electron chi connectivity index (χ2n) is 7.25. The fraction of sp³-hybridized carbons (Fsp3) is 0.200. The van der Waals surface area contributed by atoms with Crippen molar-refractivity contribution in [3.63, 3.8) is 0 Å². The molecule has 3 aromatic carbocycles. The number of benzene rings is 3. The molecular weight excluding hydrogens is 408 g/mol. The first kappa shape index (κ1) is 20.6. The molecule has 0 unspecified atom stereocenters. The third-order valence-electron chi connectivity index (χ3n) is 4.97. The van der Waals surface area contributed by atoms with Crippen LogP contribution in [-0.4, -0.2) is 16.6 Å². The molecule has 1 heterocycles. The predicted octanol–water partition coefficient (Wildman–Crippen LogP) is 6.63. The molecule has 4 aromatic rings. The Kier molecular flexibility index (Phi) is 6.50. The van der Waals surface area contributed by atoms with Gasteiger partial charge in [0.15, 0.2) is 5.13 Å². The summed E-state index contributed by atoms with van der Waals surface area (Å²) in [4.78, 5) is 21.2. The number of fused-ring (bicyclic) bond motifs is 1. The van der Waals surface area contributed by atoms with Crippen LogP contribution in [0.2, 0.25) is 0 Å². The van der Waals surface area contributed by atoms with Crippen molar-refractivity contribution in [3.8, 4) is 0 Å². The Morgan fingerprint density at radius 2 is 1.60 bits per heavy atom. The quantitative estimate of drug-likeness (QED) is 0.307. The molecule has 1 amide bonds. The number of rotatable bonds is 7. The Bertz CT molecular complexity index is 1100. The highest BCUT2D eigenvalue weighted by atomic mass is 32.2. The molecule has 5 heteroatoms. The molecule has 0 atom stereocenters. The smallest absolute Gasteiger partial charge is 0.229 e. The lowest BCUT2D eigenvalue weighted by atomic mass is 10.1. The van der Waals surface area contributed by atoms with Gasteiger partial charge in [0.1, 0.15) is 0 Å². The maximum absolute atomic E-state index is 13.3. The molecule has 0 radical (unpaired) electrons. The molecule has 0 fully saturated rings. The number of carbonyl (C=O) groups excluding carboxylic acids is 1. The second kappa shape index (κ2) is 9.45. The third-order valence-corrected chi connectivity index (χ3v) is 7.20. The highest BCUT2D eigenvalue weighted by Gasteiger charge is 2.21. The molecule has 0 aliphatic carbocycles. The number of thiazole rings is 1. The SMILES string of the molecule is Cc1ccc(C)c2sc(N(Cc3ccccc3)C(=O)CCSc3ccccc3)nc12. The summed E-state index contributed by atoms with van der Waals surface area (Å²) in [5, 5.41) is 0.779. The molecule has 3 nitrogen and oxygen atoms in total.